The molecule has 3 aliphatic rings. The highest BCUT2D eigenvalue weighted by Crippen LogP contribution is 2.45. The van der Waals surface area contributed by atoms with E-state index in [1.807, 2.05) is 0 Å². The van der Waals surface area contributed by atoms with Crippen molar-refractivity contribution in [1.29, 1.82) is 0 Å². The molecule has 1 saturated carbocycles. The fourth-order valence-corrected chi connectivity index (χ4v) is 4.57. The van der Waals surface area contributed by atoms with Crippen LogP contribution in [0.4, 0.5) is 0 Å². The topological polar surface area (TPSA) is 60.9 Å². The van der Waals surface area contributed by atoms with Crippen molar-refractivity contribution in [3.05, 3.63) is 35.4 Å². The molecule has 1 N–H and O–H groups in total. The average Bonchev–Trinajstić information content (AvgIpc) is 3.41. The van der Waals surface area contributed by atoms with Crippen molar-refractivity contribution >= 4 is 11.9 Å². The van der Waals surface area contributed by atoms with Gasteiger partial charge in [-0.2, -0.15) is 0 Å². The monoisotopic (exact) mass is 356 g/mol. The van der Waals surface area contributed by atoms with Crippen molar-refractivity contribution in [2.24, 2.45) is 11.3 Å². The van der Waals surface area contributed by atoms with Crippen molar-refractivity contribution in [2.45, 2.75) is 51.6 Å². The summed E-state index contributed by atoms with van der Waals surface area (Å²) in [6.07, 6.45) is 4.45. The molecule has 1 aliphatic carbocycles. The van der Waals surface area contributed by atoms with Crippen LogP contribution in [0.3, 0.4) is 0 Å². The van der Waals surface area contributed by atoms with E-state index in [0.717, 1.165) is 45.3 Å². The first-order valence-corrected chi connectivity index (χ1v) is 9.77. The first kappa shape index (κ1) is 17.5. The van der Waals surface area contributed by atoms with Crippen molar-refractivity contribution in [3.63, 3.8) is 0 Å². The Bertz CT molecular complexity index is 688. The first-order valence-electron chi connectivity index (χ1n) is 9.77. The molecule has 26 heavy (non-hydrogen) atoms. The smallest absolute Gasteiger partial charge is 0.326 e. The number of carboxylic acid groups (broad SMARTS) is 1. The minimum Gasteiger partial charge on any atom is -0.480 e. The standard InChI is InChI=1S/C21H28N2O3/c1-15-2-4-16(5-3-15)13-22-10-8-21(9-11-22)12-18(20(25)26)23(14-21)19(24)17-6-7-17/h2-5,17-18H,6-14H2,1H3,(H,25,26)/t18-/m1/s1. The molecule has 2 aliphatic heterocycles. The van der Waals surface area contributed by atoms with E-state index in [4.69, 9.17) is 0 Å². The van der Waals surface area contributed by atoms with Crippen LogP contribution in [0.25, 0.3) is 0 Å². The number of amides is 1. The van der Waals surface area contributed by atoms with Crippen molar-refractivity contribution in [3.8, 4) is 0 Å². The number of aliphatic carboxylic acids is 1. The van der Waals surface area contributed by atoms with Gasteiger partial charge in [-0.05, 0) is 63.1 Å². The van der Waals surface area contributed by atoms with Gasteiger partial charge in [0.25, 0.3) is 0 Å². The van der Waals surface area contributed by atoms with Gasteiger partial charge in [0, 0.05) is 19.0 Å². The predicted molar refractivity (Wildman–Crippen MR) is 98.6 cm³/mol. The highest BCUT2D eigenvalue weighted by atomic mass is 16.4. The highest BCUT2D eigenvalue weighted by molar-refractivity contribution is 5.87. The van der Waals surface area contributed by atoms with Crippen LogP contribution in [0.1, 0.15) is 43.2 Å². The lowest BCUT2D eigenvalue weighted by Crippen LogP contribution is -2.43. The molecule has 0 bridgehead atoms. The summed E-state index contributed by atoms with van der Waals surface area (Å²) < 4.78 is 0. The Morgan fingerprint density at radius 1 is 1.15 bits per heavy atom. The maximum absolute atomic E-state index is 12.5. The maximum atomic E-state index is 12.5. The summed E-state index contributed by atoms with van der Waals surface area (Å²) in [5, 5.41) is 9.61. The van der Waals surface area contributed by atoms with Gasteiger partial charge in [0.2, 0.25) is 5.91 Å². The van der Waals surface area contributed by atoms with Crippen LogP contribution in [0.2, 0.25) is 0 Å². The predicted octanol–water partition coefficient (Wildman–Crippen LogP) is 2.67. The number of hydrogen-bond donors (Lipinski definition) is 1. The Morgan fingerprint density at radius 2 is 1.81 bits per heavy atom. The van der Waals surface area contributed by atoms with Gasteiger partial charge < -0.3 is 10.0 Å². The fourth-order valence-electron chi connectivity index (χ4n) is 4.57. The number of benzene rings is 1. The molecule has 0 unspecified atom stereocenters. The number of piperidine rings is 1. The van der Waals surface area contributed by atoms with Crippen molar-refractivity contribution in [2.75, 3.05) is 19.6 Å². The normalized spacial score (nSPS) is 25.6. The number of carbonyl (C=O) groups is 2. The Kier molecular flexibility index (Phi) is 4.51. The van der Waals surface area contributed by atoms with Gasteiger partial charge in [-0.1, -0.05) is 29.8 Å². The van der Waals surface area contributed by atoms with Gasteiger partial charge in [-0.25, -0.2) is 4.79 Å². The van der Waals surface area contributed by atoms with Crippen LogP contribution >= 0.6 is 0 Å². The molecule has 2 heterocycles. The van der Waals surface area contributed by atoms with Crippen molar-refractivity contribution in [1.82, 2.24) is 9.80 Å². The first-order chi connectivity index (χ1) is 12.5. The highest BCUT2D eigenvalue weighted by Gasteiger charge is 2.51. The van der Waals surface area contributed by atoms with Gasteiger partial charge in [0.15, 0.2) is 0 Å². The van der Waals surface area contributed by atoms with E-state index in [1.165, 1.54) is 11.1 Å². The number of aryl methyl sites for hydroxylation is 1. The van der Waals surface area contributed by atoms with Crippen LogP contribution in [0.15, 0.2) is 24.3 Å². The van der Waals surface area contributed by atoms with E-state index in [2.05, 4.69) is 36.1 Å². The minimum absolute atomic E-state index is 0.00260. The second-order valence-electron chi connectivity index (χ2n) is 8.56. The molecule has 2 saturated heterocycles. The molecule has 3 fully saturated rings. The van der Waals surface area contributed by atoms with Gasteiger partial charge in [0.05, 0.1) is 0 Å². The number of rotatable bonds is 4. The molecule has 5 nitrogen and oxygen atoms in total. The number of nitrogens with zero attached hydrogens (tertiary/aromatic N) is 2. The van der Waals surface area contributed by atoms with Crippen molar-refractivity contribution < 1.29 is 14.7 Å². The molecule has 140 valence electrons. The molecule has 1 aromatic rings. The summed E-state index contributed by atoms with van der Waals surface area (Å²) in [5.41, 5.74) is 2.60. The third-order valence-electron chi connectivity index (χ3n) is 6.45. The summed E-state index contributed by atoms with van der Waals surface area (Å²) in [6.45, 7) is 5.64. The lowest BCUT2D eigenvalue weighted by atomic mass is 9.76. The summed E-state index contributed by atoms with van der Waals surface area (Å²) in [7, 11) is 0. The fraction of sp³-hybridized carbons (Fsp3) is 0.619. The van der Waals surface area contributed by atoms with E-state index in [1.54, 1.807) is 4.90 Å². The molecule has 0 radical (unpaired) electrons. The number of hydrogen-bond acceptors (Lipinski definition) is 3. The van der Waals surface area contributed by atoms with Crippen LogP contribution in [-0.2, 0) is 16.1 Å². The van der Waals surface area contributed by atoms with Crippen LogP contribution in [-0.4, -0.2) is 52.5 Å². The molecular formula is C21H28N2O3. The summed E-state index contributed by atoms with van der Waals surface area (Å²) in [4.78, 5) is 28.4. The third-order valence-corrected chi connectivity index (χ3v) is 6.45. The van der Waals surface area contributed by atoms with E-state index < -0.39 is 12.0 Å². The van der Waals surface area contributed by atoms with Gasteiger partial charge >= 0.3 is 5.97 Å². The zero-order chi connectivity index (χ0) is 18.3. The summed E-state index contributed by atoms with van der Waals surface area (Å²) >= 11 is 0. The Labute approximate surface area is 155 Å². The van der Waals surface area contributed by atoms with E-state index in [-0.39, 0.29) is 17.2 Å². The molecule has 0 aromatic heterocycles. The van der Waals surface area contributed by atoms with Crippen LogP contribution in [0, 0.1) is 18.3 Å². The van der Waals surface area contributed by atoms with E-state index >= 15 is 0 Å². The number of carbonyl (C=O) groups excluding carboxylic acids is 1. The molecule has 4 rings (SSSR count). The van der Waals surface area contributed by atoms with Gasteiger partial charge in [-0.15, -0.1) is 0 Å². The Hall–Kier alpha value is -1.88. The zero-order valence-electron chi connectivity index (χ0n) is 15.5. The maximum Gasteiger partial charge on any atom is 0.326 e. The second kappa shape index (κ2) is 6.69. The molecule has 1 aromatic carbocycles. The Morgan fingerprint density at radius 3 is 2.38 bits per heavy atom. The molecule has 1 atom stereocenters. The minimum atomic E-state index is -0.835. The third kappa shape index (κ3) is 3.50. The zero-order valence-corrected chi connectivity index (χ0v) is 15.5. The SMILES string of the molecule is Cc1ccc(CN2CCC3(CC2)C[C@H](C(=O)O)N(C(=O)C2CC2)C3)cc1. The van der Waals surface area contributed by atoms with Crippen LogP contribution < -0.4 is 0 Å². The molecule has 5 heteroatoms. The van der Waals surface area contributed by atoms with E-state index in [9.17, 15) is 14.7 Å². The second-order valence-corrected chi connectivity index (χ2v) is 8.56. The molecular weight excluding hydrogens is 328 g/mol. The van der Waals surface area contributed by atoms with Gasteiger partial charge in [-0.3, -0.25) is 9.69 Å². The molecule has 1 amide bonds. The Balaban J connectivity index is 1.39. The van der Waals surface area contributed by atoms with Crippen LogP contribution in [0.5, 0.6) is 0 Å². The summed E-state index contributed by atoms with van der Waals surface area (Å²) in [6, 6.07) is 8.05. The average molecular weight is 356 g/mol. The quantitative estimate of drug-likeness (QED) is 0.901. The lowest BCUT2D eigenvalue weighted by Gasteiger charge is -2.39. The number of carboxylic acids is 1. The van der Waals surface area contributed by atoms with E-state index in [0.29, 0.717) is 13.0 Å². The summed E-state index contributed by atoms with van der Waals surface area (Å²) in [5.74, 6) is -0.664. The largest absolute Gasteiger partial charge is 0.480 e. The lowest BCUT2D eigenvalue weighted by molar-refractivity contribution is -0.148. The van der Waals surface area contributed by atoms with Gasteiger partial charge in [0.1, 0.15) is 6.04 Å². The molecule has 1 spiro atoms. The number of likely N-dealkylation sites (tertiary alicyclic amines) is 2.